The van der Waals surface area contributed by atoms with E-state index >= 15 is 0 Å². The second-order valence-corrected chi connectivity index (χ2v) is 7.83. The molecule has 0 aliphatic carbocycles. The number of hydrogen-bond acceptors (Lipinski definition) is 3. The summed E-state index contributed by atoms with van der Waals surface area (Å²) in [6.07, 6.45) is -8.11. The third kappa shape index (κ3) is 5.46. The summed E-state index contributed by atoms with van der Waals surface area (Å²) in [6, 6.07) is 5.63. The Hall–Kier alpha value is -2.07. The second-order valence-electron chi connectivity index (χ2n) is 6.20. The monoisotopic (exact) mass is 534 g/mol. The molecule has 0 unspecified atom stereocenters. The molecule has 0 radical (unpaired) electrons. The molecule has 0 fully saturated rings. The Kier molecular flexibility index (Phi) is 6.95. The van der Waals surface area contributed by atoms with Crippen LogP contribution in [0.4, 0.5) is 32.0 Å². The van der Waals surface area contributed by atoms with Gasteiger partial charge in [-0.3, -0.25) is 5.43 Å². The molecule has 170 valence electrons. The van der Waals surface area contributed by atoms with Crippen molar-refractivity contribution in [1.29, 1.82) is 0 Å². The summed E-state index contributed by atoms with van der Waals surface area (Å²) < 4.78 is 82.4. The Balaban J connectivity index is 1.81. The maximum Gasteiger partial charge on any atom is 0.416 e. The highest BCUT2D eigenvalue weighted by molar-refractivity contribution is 6.39. The zero-order valence-electron chi connectivity index (χ0n) is 15.2. The Morgan fingerprint density at radius 1 is 0.750 bits per heavy atom. The minimum absolute atomic E-state index is 0.0442. The lowest BCUT2D eigenvalue weighted by molar-refractivity contribution is -0.138. The third-order valence-electron chi connectivity index (χ3n) is 3.98. The summed E-state index contributed by atoms with van der Waals surface area (Å²) in [6.45, 7) is 0. The van der Waals surface area contributed by atoms with E-state index < -0.39 is 23.5 Å². The Morgan fingerprint density at radius 3 is 1.69 bits per heavy atom. The molecule has 0 spiro atoms. The van der Waals surface area contributed by atoms with Gasteiger partial charge in [-0.1, -0.05) is 46.4 Å². The average molecular weight is 536 g/mol. The Labute approximate surface area is 196 Å². The van der Waals surface area contributed by atoms with Crippen LogP contribution in [0.3, 0.4) is 0 Å². The molecule has 0 bridgehead atoms. The SMILES string of the molecule is FC(F)(F)c1cc(Cl)c(N/N=C\c2ccc(-c3c(Cl)cc(C(F)(F)F)cc3Cl)o2)c(Cl)c1. The van der Waals surface area contributed by atoms with Gasteiger partial charge in [0, 0.05) is 0 Å². The quantitative estimate of drug-likeness (QED) is 0.205. The van der Waals surface area contributed by atoms with Gasteiger partial charge < -0.3 is 4.42 Å². The smallest absolute Gasteiger partial charge is 0.416 e. The number of benzene rings is 2. The van der Waals surface area contributed by atoms with Crippen LogP contribution in [0, 0.1) is 0 Å². The number of nitrogens with one attached hydrogen (secondary N) is 1. The fourth-order valence-corrected chi connectivity index (χ4v) is 3.78. The molecule has 13 heteroatoms. The lowest BCUT2D eigenvalue weighted by Gasteiger charge is -2.11. The van der Waals surface area contributed by atoms with Crippen LogP contribution in [0.15, 0.2) is 45.9 Å². The van der Waals surface area contributed by atoms with Crippen LogP contribution >= 0.6 is 46.4 Å². The molecule has 3 aromatic rings. The lowest BCUT2D eigenvalue weighted by atomic mass is 10.1. The summed E-state index contributed by atoms with van der Waals surface area (Å²) in [5.74, 6) is 0.194. The van der Waals surface area contributed by atoms with Crippen molar-refractivity contribution in [2.75, 3.05) is 5.43 Å². The molecule has 1 N–H and O–H groups in total. The van der Waals surface area contributed by atoms with Crippen molar-refractivity contribution in [3.63, 3.8) is 0 Å². The number of rotatable bonds is 4. The van der Waals surface area contributed by atoms with E-state index in [1.807, 2.05) is 0 Å². The summed E-state index contributed by atoms with van der Waals surface area (Å²) in [5, 5.41) is 2.61. The van der Waals surface area contributed by atoms with Crippen LogP contribution < -0.4 is 5.43 Å². The number of anilines is 1. The molecule has 0 aliphatic rings. The molecule has 1 heterocycles. The number of halogens is 10. The van der Waals surface area contributed by atoms with E-state index in [1.165, 1.54) is 12.1 Å². The Bertz CT molecular complexity index is 1140. The number of alkyl halides is 6. The van der Waals surface area contributed by atoms with E-state index in [9.17, 15) is 26.3 Å². The van der Waals surface area contributed by atoms with Crippen LogP contribution in [-0.2, 0) is 12.4 Å². The minimum atomic E-state index is -4.63. The largest absolute Gasteiger partial charge is 0.455 e. The van der Waals surface area contributed by atoms with Crippen molar-refractivity contribution in [1.82, 2.24) is 0 Å². The van der Waals surface area contributed by atoms with E-state index in [-0.39, 0.29) is 42.9 Å². The summed E-state index contributed by atoms with van der Waals surface area (Å²) >= 11 is 23.6. The first-order valence-electron chi connectivity index (χ1n) is 8.29. The second kappa shape index (κ2) is 9.05. The topological polar surface area (TPSA) is 37.5 Å². The van der Waals surface area contributed by atoms with Gasteiger partial charge in [0.05, 0.1) is 48.7 Å². The summed E-state index contributed by atoms with van der Waals surface area (Å²) in [5.41, 5.74) is 0.339. The van der Waals surface area contributed by atoms with E-state index in [2.05, 4.69) is 10.5 Å². The fourth-order valence-electron chi connectivity index (χ4n) is 2.53. The van der Waals surface area contributed by atoms with Crippen molar-refractivity contribution in [3.8, 4) is 11.3 Å². The van der Waals surface area contributed by atoms with Crippen molar-refractivity contribution in [3.05, 3.63) is 73.4 Å². The molecule has 1 aromatic heterocycles. The highest BCUT2D eigenvalue weighted by Crippen LogP contribution is 2.41. The van der Waals surface area contributed by atoms with Crippen molar-refractivity contribution < 1.29 is 30.8 Å². The Morgan fingerprint density at radius 2 is 1.22 bits per heavy atom. The molecule has 0 saturated carbocycles. The number of hydrazone groups is 1. The zero-order chi connectivity index (χ0) is 23.8. The first-order chi connectivity index (χ1) is 14.8. The average Bonchev–Trinajstić information content (AvgIpc) is 3.10. The normalized spacial score (nSPS) is 12.6. The van der Waals surface area contributed by atoms with Gasteiger partial charge in [-0.2, -0.15) is 31.4 Å². The maximum absolute atomic E-state index is 12.9. The number of hydrogen-bond donors (Lipinski definition) is 1. The van der Waals surface area contributed by atoms with Crippen LogP contribution in [0.2, 0.25) is 20.1 Å². The van der Waals surface area contributed by atoms with Crippen LogP contribution in [-0.4, -0.2) is 6.21 Å². The lowest BCUT2D eigenvalue weighted by Crippen LogP contribution is -2.05. The van der Waals surface area contributed by atoms with Crippen molar-refractivity contribution in [2.24, 2.45) is 5.10 Å². The summed E-state index contributed by atoms with van der Waals surface area (Å²) in [4.78, 5) is 0. The number of furan rings is 1. The highest BCUT2D eigenvalue weighted by atomic mass is 35.5. The molecule has 3 rings (SSSR count). The molecule has 0 aliphatic heterocycles. The van der Waals surface area contributed by atoms with Crippen LogP contribution in [0.25, 0.3) is 11.3 Å². The molecule has 32 heavy (non-hydrogen) atoms. The number of nitrogens with zero attached hydrogens (tertiary/aromatic N) is 1. The molecule has 0 atom stereocenters. The first kappa shape index (κ1) is 24.6. The standard InChI is InChI=1S/C19H8Cl4F6N2O/c20-11-3-8(18(24,25)26)4-12(21)16(11)15-2-1-10(32-15)7-30-31-17-13(22)5-9(6-14(17)23)19(27,28)29/h1-7,31H/b30-7-. The van der Waals surface area contributed by atoms with E-state index in [1.54, 1.807) is 0 Å². The van der Waals surface area contributed by atoms with Crippen LogP contribution in [0.1, 0.15) is 16.9 Å². The van der Waals surface area contributed by atoms with Gasteiger partial charge in [0.15, 0.2) is 0 Å². The van der Waals surface area contributed by atoms with Gasteiger partial charge >= 0.3 is 12.4 Å². The molecule has 0 saturated heterocycles. The molecular weight excluding hydrogens is 528 g/mol. The van der Waals surface area contributed by atoms with Gasteiger partial charge in [-0.15, -0.1) is 0 Å². The van der Waals surface area contributed by atoms with Crippen molar-refractivity contribution in [2.45, 2.75) is 12.4 Å². The first-order valence-corrected chi connectivity index (χ1v) is 9.80. The third-order valence-corrected chi connectivity index (χ3v) is 5.17. The van der Waals surface area contributed by atoms with E-state index in [4.69, 9.17) is 50.8 Å². The van der Waals surface area contributed by atoms with E-state index in [0.717, 1.165) is 18.3 Å². The van der Waals surface area contributed by atoms with Crippen LogP contribution in [0.5, 0.6) is 0 Å². The van der Waals surface area contributed by atoms with Gasteiger partial charge in [0.2, 0.25) is 0 Å². The predicted molar refractivity (Wildman–Crippen MR) is 112 cm³/mol. The predicted octanol–water partition coefficient (Wildman–Crippen LogP) is 9.04. The molecule has 3 nitrogen and oxygen atoms in total. The molecule has 0 amide bonds. The molecule has 2 aromatic carbocycles. The minimum Gasteiger partial charge on any atom is -0.455 e. The van der Waals surface area contributed by atoms with Gasteiger partial charge in [0.25, 0.3) is 0 Å². The summed E-state index contributed by atoms with van der Waals surface area (Å²) in [7, 11) is 0. The van der Waals surface area contributed by atoms with Gasteiger partial charge in [-0.05, 0) is 36.4 Å². The zero-order valence-corrected chi connectivity index (χ0v) is 18.2. The van der Waals surface area contributed by atoms with E-state index in [0.29, 0.717) is 12.1 Å². The highest BCUT2D eigenvalue weighted by Gasteiger charge is 2.33. The maximum atomic E-state index is 12.9. The van der Waals surface area contributed by atoms with Gasteiger partial charge in [-0.25, -0.2) is 0 Å². The van der Waals surface area contributed by atoms with Crippen molar-refractivity contribution >= 4 is 58.3 Å². The molecular formula is C19H8Cl4F6N2O. The fraction of sp³-hybridized carbons (Fsp3) is 0.105. The van der Waals surface area contributed by atoms with Gasteiger partial charge in [0.1, 0.15) is 11.5 Å².